The van der Waals surface area contributed by atoms with Gasteiger partial charge in [0.1, 0.15) is 21.4 Å². The van der Waals surface area contributed by atoms with Crippen molar-refractivity contribution in [1.29, 1.82) is 0 Å². The number of alkyl halides is 3. The van der Waals surface area contributed by atoms with E-state index in [9.17, 15) is 31.1 Å². The van der Waals surface area contributed by atoms with Gasteiger partial charge in [-0.05, 0) is 136 Å². The van der Waals surface area contributed by atoms with Gasteiger partial charge in [0.15, 0.2) is 0 Å². The van der Waals surface area contributed by atoms with Gasteiger partial charge in [-0.15, -0.1) is 0 Å². The van der Waals surface area contributed by atoms with E-state index in [0.717, 1.165) is 100 Å². The Hall–Kier alpha value is -2.39. The summed E-state index contributed by atoms with van der Waals surface area (Å²) in [5.41, 5.74) is 5.70. The van der Waals surface area contributed by atoms with Crippen molar-refractivity contribution in [2.24, 2.45) is 0 Å². The monoisotopic (exact) mass is 623 g/mol. The van der Waals surface area contributed by atoms with Crippen LogP contribution in [0.25, 0.3) is 11.1 Å². The molecular weight excluding hydrogens is 578 g/mol. The molecule has 0 radical (unpaired) electrons. The van der Waals surface area contributed by atoms with Crippen molar-refractivity contribution >= 4 is 21.0 Å². The molecule has 0 spiro atoms. The minimum atomic E-state index is -4.31. The summed E-state index contributed by atoms with van der Waals surface area (Å²) in [5.74, 6) is -0.390. The van der Waals surface area contributed by atoms with Crippen LogP contribution in [0, 0.1) is 5.82 Å². The number of phenolic OH excluding ortho intramolecular Hbond substituents is 1. The Morgan fingerprint density at radius 3 is 2.49 bits per heavy atom. The highest BCUT2D eigenvalue weighted by atomic mass is 32.2. The van der Waals surface area contributed by atoms with E-state index in [-0.39, 0.29) is 23.7 Å². The highest BCUT2D eigenvalue weighted by molar-refractivity contribution is 7.91. The minimum Gasteiger partial charge on any atom is -0.508 e. The first kappa shape index (κ1) is 33.5. The number of allylic oxidation sites excluding steroid dienone is 2. The van der Waals surface area contributed by atoms with Crippen LogP contribution in [-0.2, 0) is 16.3 Å². The summed E-state index contributed by atoms with van der Waals surface area (Å²) in [6.07, 6.45) is 5.52. The first-order chi connectivity index (χ1) is 20.5. The number of benzene rings is 2. The highest BCUT2D eigenvalue weighted by Crippen LogP contribution is 2.40. The number of hydrogen-bond donors (Lipinski definition) is 1. The Balaban J connectivity index is 1.24. The molecule has 0 bridgehead atoms. The van der Waals surface area contributed by atoms with Gasteiger partial charge >= 0.3 is 6.18 Å². The maximum absolute atomic E-state index is 14.1. The molecule has 0 unspecified atom stereocenters. The van der Waals surface area contributed by atoms with E-state index < -0.39 is 28.2 Å². The molecule has 0 aromatic heterocycles. The third-order valence-corrected chi connectivity index (χ3v) is 10.7. The van der Waals surface area contributed by atoms with Crippen molar-refractivity contribution in [2.45, 2.75) is 102 Å². The first-order valence-electron chi connectivity index (χ1n) is 15.8. The van der Waals surface area contributed by atoms with Crippen LogP contribution < -0.4 is 0 Å². The van der Waals surface area contributed by atoms with E-state index in [0.29, 0.717) is 12.5 Å². The normalized spacial score (nSPS) is 18.2. The zero-order valence-electron chi connectivity index (χ0n) is 25.0. The van der Waals surface area contributed by atoms with Crippen LogP contribution in [0.4, 0.5) is 17.6 Å². The van der Waals surface area contributed by atoms with E-state index in [1.807, 2.05) is 18.2 Å². The van der Waals surface area contributed by atoms with Crippen molar-refractivity contribution in [1.82, 2.24) is 4.90 Å². The summed E-state index contributed by atoms with van der Waals surface area (Å²) < 4.78 is 75.5. The standard InChI is InChI=1S/C34H45F4NO3S/c35-28-12-5-10-26(24-28)31-16-6-11-27-25-30(40)17-18-32(27)33(31)15-3-1-2-4-20-39-21-7-13-29(39)14-8-22-43(41,42)23-9-19-34(36,37)38/h5,10,12,17-18,24-25,29,40H,1-4,6-9,11,13-16,19-23H2/t29-/m0/s1. The molecule has 1 saturated heterocycles. The number of aryl methyl sites for hydroxylation is 1. The third kappa shape index (κ3) is 10.6. The molecule has 2 aromatic carbocycles. The number of aromatic hydroxyl groups is 1. The van der Waals surface area contributed by atoms with Gasteiger partial charge < -0.3 is 10.0 Å². The maximum atomic E-state index is 14.1. The molecule has 1 heterocycles. The topological polar surface area (TPSA) is 57.6 Å². The lowest BCUT2D eigenvalue weighted by Gasteiger charge is -2.24. The van der Waals surface area contributed by atoms with Gasteiger partial charge in [-0.25, -0.2) is 12.8 Å². The molecule has 1 fully saturated rings. The minimum absolute atomic E-state index is 0.0363. The molecule has 1 aliphatic heterocycles. The van der Waals surface area contributed by atoms with E-state index >= 15 is 0 Å². The molecule has 1 aliphatic carbocycles. The zero-order chi connectivity index (χ0) is 30.9. The zero-order valence-corrected chi connectivity index (χ0v) is 25.8. The number of phenols is 1. The average molecular weight is 624 g/mol. The second-order valence-electron chi connectivity index (χ2n) is 12.2. The predicted molar refractivity (Wildman–Crippen MR) is 165 cm³/mol. The molecule has 238 valence electrons. The number of nitrogens with zero attached hydrogens (tertiary/aromatic N) is 1. The molecule has 43 heavy (non-hydrogen) atoms. The van der Waals surface area contributed by atoms with E-state index in [2.05, 4.69) is 4.90 Å². The fourth-order valence-electron chi connectivity index (χ4n) is 6.75. The Labute approximate surface area is 254 Å². The van der Waals surface area contributed by atoms with E-state index in [1.54, 1.807) is 18.2 Å². The van der Waals surface area contributed by atoms with Gasteiger partial charge in [0, 0.05) is 12.5 Å². The number of sulfone groups is 1. The number of halogens is 4. The number of fused-ring (bicyclic) bond motifs is 1. The van der Waals surface area contributed by atoms with Crippen molar-refractivity contribution in [3.8, 4) is 5.75 Å². The molecular formula is C34H45F4NO3S. The molecule has 0 saturated carbocycles. The Kier molecular flexibility index (Phi) is 12.1. The average Bonchev–Trinajstić information content (AvgIpc) is 3.29. The van der Waals surface area contributed by atoms with Crippen LogP contribution in [0.2, 0.25) is 0 Å². The first-order valence-corrected chi connectivity index (χ1v) is 17.6. The molecule has 9 heteroatoms. The predicted octanol–water partition coefficient (Wildman–Crippen LogP) is 8.73. The van der Waals surface area contributed by atoms with Crippen LogP contribution >= 0.6 is 0 Å². The summed E-state index contributed by atoms with van der Waals surface area (Å²) in [6, 6.07) is 12.8. The van der Waals surface area contributed by atoms with Gasteiger partial charge in [-0.1, -0.05) is 31.0 Å². The third-order valence-electron chi connectivity index (χ3n) is 8.85. The summed E-state index contributed by atoms with van der Waals surface area (Å²) in [6.45, 7) is 1.98. The lowest BCUT2D eigenvalue weighted by atomic mass is 9.89. The summed E-state index contributed by atoms with van der Waals surface area (Å²) in [5, 5.41) is 10.1. The van der Waals surface area contributed by atoms with Crippen molar-refractivity contribution in [3.05, 3.63) is 65.0 Å². The smallest absolute Gasteiger partial charge is 0.389 e. The Morgan fingerprint density at radius 1 is 0.907 bits per heavy atom. The van der Waals surface area contributed by atoms with Gasteiger partial charge in [0.05, 0.1) is 11.5 Å². The largest absolute Gasteiger partial charge is 0.508 e. The molecule has 4 rings (SSSR count). The molecule has 2 aromatic rings. The lowest BCUT2D eigenvalue weighted by Crippen LogP contribution is -2.30. The van der Waals surface area contributed by atoms with Crippen LogP contribution in [0.1, 0.15) is 100 Å². The van der Waals surface area contributed by atoms with Gasteiger partial charge in [-0.3, -0.25) is 0 Å². The van der Waals surface area contributed by atoms with E-state index in [4.69, 9.17) is 0 Å². The van der Waals surface area contributed by atoms with Crippen LogP contribution in [0.3, 0.4) is 0 Å². The maximum Gasteiger partial charge on any atom is 0.389 e. The fraction of sp³-hybridized carbons (Fsp3) is 0.588. The highest BCUT2D eigenvalue weighted by Gasteiger charge is 2.28. The molecule has 1 atom stereocenters. The van der Waals surface area contributed by atoms with Crippen LogP contribution in [0.15, 0.2) is 42.5 Å². The Morgan fingerprint density at radius 2 is 1.70 bits per heavy atom. The molecule has 1 N–H and O–H groups in total. The summed E-state index contributed by atoms with van der Waals surface area (Å²) in [7, 11) is -3.45. The van der Waals surface area contributed by atoms with Gasteiger partial charge in [0.25, 0.3) is 0 Å². The van der Waals surface area contributed by atoms with Crippen LogP contribution in [0.5, 0.6) is 5.75 Å². The number of likely N-dealkylation sites (tertiary alicyclic amines) is 1. The second-order valence-corrected chi connectivity index (χ2v) is 14.5. The summed E-state index contributed by atoms with van der Waals surface area (Å²) >= 11 is 0. The second kappa shape index (κ2) is 15.6. The lowest BCUT2D eigenvalue weighted by molar-refractivity contribution is -0.134. The number of rotatable bonds is 15. The fourth-order valence-corrected chi connectivity index (χ4v) is 8.15. The van der Waals surface area contributed by atoms with Gasteiger partial charge in [-0.2, -0.15) is 13.2 Å². The van der Waals surface area contributed by atoms with Gasteiger partial charge in [0.2, 0.25) is 0 Å². The Bertz CT molecular complexity index is 1340. The van der Waals surface area contributed by atoms with E-state index in [1.165, 1.54) is 17.2 Å². The number of unbranched alkanes of at least 4 members (excludes halogenated alkanes) is 3. The van der Waals surface area contributed by atoms with Crippen LogP contribution in [-0.4, -0.2) is 55.2 Å². The number of hydrogen-bond acceptors (Lipinski definition) is 4. The van der Waals surface area contributed by atoms with Crippen molar-refractivity contribution in [2.75, 3.05) is 24.6 Å². The molecule has 2 aliphatic rings. The molecule has 4 nitrogen and oxygen atoms in total. The molecule has 0 amide bonds. The van der Waals surface area contributed by atoms with Crippen molar-refractivity contribution in [3.63, 3.8) is 0 Å². The SMILES string of the molecule is O=S(=O)(CCC[C@@H]1CCCN1CCCCCCC1=C(c2cccc(F)c2)CCCc2cc(O)ccc21)CCCC(F)(F)F. The summed E-state index contributed by atoms with van der Waals surface area (Å²) in [4.78, 5) is 2.45. The van der Waals surface area contributed by atoms with Crippen molar-refractivity contribution < 1.29 is 31.1 Å². The quantitative estimate of drug-likeness (QED) is 0.159.